The first-order valence-corrected chi connectivity index (χ1v) is 10.0. The van der Waals surface area contributed by atoms with E-state index in [1.165, 1.54) is 11.3 Å². The van der Waals surface area contributed by atoms with E-state index in [0.29, 0.717) is 19.3 Å². The number of aromatic nitrogens is 1. The molecule has 0 aromatic carbocycles. The second-order valence-electron chi connectivity index (χ2n) is 6.15. The predicted octanol–water partition coefficient (Wildman–Crippen LogP) is 1.65. The van der Waals surface area contributed by atoms with E-state index in [9.17, 15) is 18.3 Å². The Bertz CT molecular complexity index is 656. The molecule has 0 aliphatic carbocycles. The van der Waals surface area contributed by atoms with Gasteiger partial charge in [-0.05, 0) is 39.0 Å². The van der Waals surface area contributed by atoms with Crippen LogP contribution in [0.2, 0.25) is 0 Å². The molecule has 0 spiro atoms. The fraction of sp³-hybridized carbons (Fsp3) is 0.714. The zero-order chi connectivity index (χ0) is 15.9. The summed E-state index contributed by atoms with van der Waals surface area (Å²) in [5.74, 6) is -1.11. The smallest absolute Gasteiger partial charge is 0.306 e. The molecular weight excluding hydrogens is 324 g/mol. The molecule has 122 valence electrons. The molecule has 3 atom stereocenters. The summed E-state index contributed by atoms with van der Waals surface area (Å²) >= 11 is 1.49. The molecule has 2 bridgehead atoms. The highest BCUT2D eigenvalue weighted by molar-refractivity contribution is 7.89. The first-order valence-electron chi connectivity index (χ1n) is 7.51. The number of hydrogen-bond donors (Lipinski definition) is 1. The van der Waals surface area contributed by atoms with Gasteiger partial charge in [0, 0.05) is 17.0 Å². The Morgan fingerprint density at radius 2 is 2.05 bits per heavy atom. The standard InChI is InChI=1S/C14H20N2O4S2/c1-9-13(21-8-15-9)4-5-22(19,20)16-11-2-3-12(16)7-10(6-11)14(17)18/h8,10-12H,2-7H2,1H3,(H,17,18)/t10?,11-,12+. The van der Waals surface area contributed by atoms with Crippen LogP contribution in [0, 0.1) is 12.8 Å². The van der Waals surface area contributed by atoms with Crippen molar-refractivity contribution < 1.29 is 18.3 Å². The molecule has 2 aliphatic heterocycles. The average Bonchev–Trinajstić information content (AvgIpc) is 2.98. The second-order valence-corrected chi connectivity index (χ2v) is 9.08. The summed E-state index contributed by atoms with van der Waals surface area (Å²) in [4.78, 5) is 16.3. The maximum atomic E-state index is 12.7. The number of fused-ring (bicyclic) bond motifs is 2. The molecule has 1 unspecified atom stereocenters. The van der Waals surface area contributed by atoms with Crippen molar-refractivity contribution in [3.05, 3.63) is 16.1 Å². The van der Waals surface area contributed by atoms with Crippen molar-refractivity contribution in [1.82, 2.24) is 9.29 Å². The Kier molecular flexibility index (Phi) is 4.26. The monoisotopic (exact) mass is 344 g/mol. The van der Waals surface area contributed by atoms with Crippen molar-refractivity contribution in [2.75, 3.05) is 5.75 Å². The topological polar surface area (TPSA) is 87.6 Å². The summed E-state index contributed by atoms with van der Waals surface area (Å²) in [6.07, 6.45) is 2.95. The van der Waals surface area contributed by atoms with Crippen LogP contribution in [0.25, 0.3) is 0 Å². The third-order valence-corrected chi connectivity index (χ3v) is 7.72. The maximum Gasteiger partial charge on any atom is 0.306 e. The van der Waals surface area contributed by atoms with Crippen LogP contribution in [0.5, 0.6) is 0 Å². The van der Waals surface area contributed by atoms with Crippen LogP contribution in [0.15, 0.2) is 5.51 Å². The van der Waals surface area contributed by atoms with Gasteiger partial charge in [-0.3, -0.25) is 4.79 Å². The number of thiazole rings is 1. The molecule has 1 aromatic heterocycles. The van der Waals surface area contributed by atoms with Crippen molar-refractivity contribution in [1.29, 1.82) is 0 Å². The van der Waals surface area contributed by atoms with E-state index in [-0.39, 0.29) is 17.8 Å². The molecule has 2 aliphatic rings. The molecule has 8 heteroatoms. The number of aryl methyl sites for hydroxylation is 2. The van der Waals surface area contributed by atoms with E-state index in [2.05, 4.69) is 4.98 Å². The molecule has 2 fully saturated rings. The lowest BCUT2D eigenvalue weighted by Gasteiger charge is -2.36. The van der Waals surface area contributed by atoms with Gasteiger partial charge in [0.15, 0.2) is 0 Å². The number of piperidine rings is 1. The van der Waals surface area contributed by atoms with Gasteiger partial charge < -0.3 is 5.11 Å². The van der Waals surface area contributed by atoms with Crippen molar-refractivity contribution in [2.45, 2.75) is 51.1 Å². The minimum Gasteiger partial charge on any atom is -0.481 e. The molecule has 3 rings (SSSR count). The second kappa shape index (κ2) is 5.90. The van der Waals surface area contributed by atoms with Gasteiger partial charge in [0.25, 0.3) is 0 Å². The number of aliphatic carboxylic acids is 1. The Labute approximate surface area is 134 Å². The minimum atomic E-state index is -3.34. The number of hydrogen-bond acceptors (Lipinski definition) is 5. The van der Waals surface area contributed by atoms with Crippen molar-refractivity contribution in [2.24, 2.45) is 5.92 Å². The van der Waals surface area contributed by atoms with Gasteiger partial charge in [0.05, 0.1) is 22.9 Å². The van der Waals surface area contributed by atoms with Crippen LogP contribution >= 0.6 is 11.3 Å². The molecule has 1 N–H and O–H groups in total. The highest BCUT2D eigenvalue weighted by Crippen LogP contribution is 2.40. The molecule has 0 radical (unpaired) electrons. The lowest BCUT2D eigenvalue weighted by Crippen LogP contribution is -2.48. The molecular formula is C14H20N2O4S2. The lowest BCUT2D eigenvalue weighted by atomic mass is 9.93. The number of carboxylic acids is 1. The predicted molar refractivity (Wildman–Crippen MR) is 83.4 cm³/mol. The first-order chi connectivity index (χ1) is 10.4. The van der Waals surface area contributed by atoms with Crippen LogP contribution in [0.3, 0.4) is 0 Å². The van der Waals surface area contributed by atoms with Crippen molar-refractivity contribution in [3.63, 3.8) is 0 Å². The molecule has 22 heavy (non-hydrogen) atoms. The van der Waals surface area contributed by atoms with Crippen molar-refractivity contribution >= 4 is 27.3 Å². The fourth-order valence-corrected chi connectivity index (χ4v) is 6.56. The highest BCUT2D eigenvalue weighted by Gasteiger charge is 2.48. The van der Waals surface area contributed by atoms with Crippen LogP contribution < -0.4 is 0 Å². The number of carboxylic acid groups (broad SMARTS) is 1. The van der Waals surface area contributed by atoms with E-state index in [1.807, 2.05) is 6.92 Å². The van der Waals surface area contributed by atoms with Gasteiger partial charge in [-0.2, -0.15) is 4.31 Å². The first kappa shape index (κ1) is 15.9. The van der Waals surface area contributed by atoms with Crippen molar-refractivity contribution in [3.8, 4) is 0 Å². The summed E-state index contributed by atoms with van der Waals surface area (Å²) < 4.78 is 27.0. The number of rotatable bonds is 5. The minimum absolute atomic E-state index is 0.0841. The number of carbonyl (C=O) groups is 1. The van der Waals surface area contributed by atoms with Gasteiger partial charge in [-0.1, -0.05) is 0 Å². The molecule has 0 amide bonds. The van der Waals surface area contributed by atoms with E-state index in [0.717, 1.165) is 23.4 Å². The molecule has 0 saturated carbocycles. The summed E-state index contributed by atoms with van der Waals surface area (Å²) in [7, 11) is -3.34. The number of nitrogens with zero attached hydrogens (tertiary/aromatic N) is 2. The van der Waals surface area contributed by atoms with Crippen LogP contribution in [0.4, 0.5) is 0 Å². The van der Waals surface area contributed by atoms with Crippen LogP contribution in [-0.4, -0.2) is 46.6 Å². The largest absolute Gasteiger partial charge is 0.481 e. The lowest BCUT2D eigenvalue weighted by molar-refractivity contribution is -0.143. The van der Waals surface area contributed by atoms with Gasteiger partial charge in [0.1, 0.15) is 0 Å². The highest BCUT2D eigenvalue weighted by atomic mass is 32.2. The summed E-state index contributed by atoms with van der Waals surface area (Å²) in [5.41, 5.74) is 2.63. The maximum absolute atomic E-state index is 12.7. The van der Waals surface area contributed by atoms with Gasteiger partial charge >= 0.3 is 5.97 Å². The Morgan fingerprint density at radius 3 is 2.55 bits per heavy atom. The van der Waals surface area contributed by atoms with Crippen LogP contribution in [0.1, 0.15) is 36.3 Å². The quantitative estimate of drug-likeness (QED) is 0.877. The summed E-state index contributed by atoms with van der Waals surface area (Å²) in [6, 6.07) is -0.264. The zero-order valence-electron chi connectivity index (χ0n) is 12.4. The molecule has 3 heterocycles. The number of sulfonamides is 1. The van der Waals surface area contributed by atoms with E-state index < -0.39 is 21.9 Å². The van der Waals surface area contributed by atoms with E-state index in [4.69, 9.17) is 0 Å². The summed E-state index contributed by atoms with van der Waals surface area (Å²) in [6.45, 7) is 1.89. The van der Waals surface area contributed by atoms with Gasteiger partial charge in [-0.15, -0.1) is 11.3 Å². The van der Waals surface area contributed by atoms with E-state index in [1.54, 1.807) is 9.82 Å². The average molecular weight is 344 g/mol. The third-order valence-electron chi connectivity index (χ3n) is 4.77. The molecule has 1 aromatic rings. The summed E-state index contributed by atoms with van der Waals surface area (Å²) in [5, 5.41) is 9.18. The Hall–Kier alpha value is -0.990. The van der Waals surface area contributed by atoms with Gasteiger partial charge in [-0.25, -0.2) is 13.4 Å². The fourth-order valence-electron chi connectivity index (χ4n) is 3.68. The third kappa shape index (κ3) is 2.91. The Balaban J connectivity index is 1.71. The molecule has 2 saturated heterocycles. The SMILES string of the molecule is Cc1ncsc1CCS(=O)(=O)N1[C@@H]2CC[C@H]1CC(C(=O)O)C2. The normalized spacial score (nSPS) is 28.9. The molecule has 6 nitrogen and oxygen atoms in total. The zero-order valence-corrected chi connectivity index (χ0v) is 14.1. The van der Waals surface area contributed by atoms with E-state index >= 15 is 0 Å². The van der Waals surface area contributed by atoms with Gasteiger partial charge in [0.2, 0.25) is 10.0 Å². The Morgan fingerprint density at radius 1 is 1.41 bits per heavy atom. The van der Waals surface area contributed by atoms with Crippen LogP contribution in [-0.2, 0) is 21.2 Å².